The summed E-state index contributed by atoms with van der Waals surface area (Å²) in [5, 5.41) is 0. The molecule has 2 aromatic rings. The zero-order valence-corrected chi connectivity index (χ0v) is 22.1. The van der Waals surface area contributed by atoms with E-state index in [9.17, 15) is 4.79 Å². The van der Waals surface area contributed by atoms with E-state index in [1.165, 1.54) is 33.6 Å². The van der Waals surface area contributed by atoms with E-state index in [1.54, 1.807) is 14.2 Å². The molecule has 0 saturated carbocycles. The van der Waals surface area contributed by atoms with Crippen molar-refractivity contribution in [3.05, 3.63) is 76.0 Å². The molecular formula is C31H37NO3. The van der Waals surface area contributed by atoms with E-state index in [2.05, 4.69) is 82.0 Å². The number of rotatable bonds is 3. The zero-order chi connectivity index (χ0) is 25.1. The molecule has 0 unspecified atom stereocenters. The summed E-state index contributed by atoms with van der Waals surface area (Å²) in [7, 11) is 3.37. The summed E-state index contributed by atoms with van der Waals surface area (Å²) in [5.74, 6) is 1.74. The number of benzene rings is 2. The van der Waals surface area contributed by atoms with E-state index in [0.717, 1.165) is 36.5 Å². The first kappa shape index (κ1) is 23.7. The van der Waals surface area contributed by atoms with E-state index in [-0.39, 0.29) is 22.5 Å². The number of Topliss-reactive ketones (excluding diaryl/α,β-unsaturated/α-hetero) is 1. The van der Waals surface area contributed by atoms with Gasteiger partial charge in [0.1, 0.15) is 0 Å². The average molecular weight is 472 g/mol. The SMILES string of the molecule is COc1cc2c(cc1OC)C1=C[C@H](c3ccc(C(C)(C)C)cc3)C3=C(CC(C)(C)CC3=O)N1CC2. The van der Waals surface area contributed by atoms with Crippen LogP contribution >= 0.6 is 0 Å². The Labute approximate surface area is 209 Å². The minimum absolute atomic E-state index is 0.0448. The quantitative estimate of drug-likeness (QED) is 0.503. The number of ketones is 1. The molecular weight excluding hydrogens is 434 g/mol. The van der Waals surface area contributed by atoms with Gasteiger partial charge in [-0.1, -0.05) is 58.9 Å². The standard InChI is InChI=1S/C31H37NO3/c1-30(2,3)21-10-8-19(9-11-21)23-15-24-22-16-28(35-7)27(34-6)14-20(22)12-13-32(24)25-17-31(4,5)18-26(33)29(23)25/h8-11,14-16,23H,12-13,17-18H2,1-7H3/t23-/m1/s1. The Morgan fingerprint density at radius 1 is 0.971 bits per heavy atom. The van der Waals surface area contributed by atoms with Crippen LogP contribution in [0.2, 0.25) is 0 Å². The lowest BCUT2D eigenvalue weighted by molar-refractivity contribution is -0.118. The van der Waals surface area contributed by atoms with Crippen molar-refractivity contribution in [2.45, 2.75) is 65.2 Å². The second kappa shape index (κ2) is 8.29. The normalized spacial score (nSPS) is 21.1. The Morgan fingerprint density at radius 2 is 1.63 bits per heavy atom. The van der Waals surface area contributed by atoms with Crippen LogP contribution in [0.15, 0.2) is 53.7 Å². The van der Waals surface area contributed by atoms with Gasteiger partial charge in [-0.25, -0.2) is 0 Å². The number of nitrogens with zero attached hydrogens (tertiary/aromatic N) is 1. The minimum atomic E-state index is -0.0482. The van der Waals surface area contributed by atoms with E-state index in [0.29, 0.717) is 6.42 Å². The molecule has 1 aliphatic carbocycles. The lowest BCUT2D eigenvalue weighted by Crippen LogP contribution is -2.40. The molecule has 35 heavy (non-hydrogen) atoms. The summed E-state index contributed by atoms with van der Waals surface area (Å²) < 4.78 is 11.2. The second-order valence-corrected chi connectivity index (χ2v) is 12.0. The first-order valence-electron chi connectivity index (χ1n) is 12.6. The Balaban J connectivity index is 1.68. The van der Waals surface area contributed by atoms with Crippen molar-refractivity contribution < 1.29 is 14.3 Å². The lowest BCUT2D eigenvalue weighted by Gasteiger charge is -2.46. The van der Waals surface area contributed by atoms with Crippen LogP contribution < -0.4 is 9.47 Å². The van der Waals surface area contributed by atoms with Crippen molar-refractivity contribution in [2.75, 3.05) is 20.8 Å². The maximum atomic E-state index is 13.6. The molecule has 0 N–H and O–H groups in total. The molecule has 0 fully saturated rings. The van der Waals surface area contributed by atoms with Gasteiger partial charge in [0.05, 0.1) is 14.2 Å². The van der Waals surface area contributed by atoms with Gasteiger partial charge in [0.25, 0.3) is 0 Å². The summed E-state index contributed by atoms with van der Waals surface area (Å²) in [6.45, 7) is 12.0. The third-order valence-electron chi connectivity index (χ3n) is 7.77. The fourth-order valence-corrected chi connectivity index (χ4v) is 5.91. The molecule has 0 bridgehead atoms. The van der Waals surface area contributed by atoms with Gasteiger partial charge < -0.3 is 14.4 Å². The molecule has 5 rings (SSSR count). The van der Waals surface area contributed by atoms with Gasteiger partial charge in [-0.2, -0.15) is 0 Å². The molecule has 0 saturated heterocycles. The molecule has 4 nitrogen and oxygen atoms in total. The van der Waals surface area contributed by atoms with E-state index < -0.39 is 0 Å². The highest BCUT2D eigenvalue weighted by Crippen LogP contribution is 2.51. The Kier molecular flexibility index (Phi) is 5.62. The summed E-state index contributed by atoms with van der Waals surface area (Å²) in [6.07, 6.45) is 4.72. The minimum Gasteiger partial charge on any atom is -0.493 e. The van der Waals surface area contributed by atoms with E-state index in [1.807, 2.05) is 0 Å². The first-order chi connectivity index (χ1) is 16.5. The van der Waals surface area contributed by atoms with Crippen LogP contribution in [0.5, 0.6) is 11.5 Å². The first-order valence-corrected chi connectivity index (χ1v) is 12.6. The highest BCUT2D eigenvalue weighted by Gasteiger charge is 2.42. The van der Waals surface area contributed by atoms with Crippen molar-refractivity contribution in [1.29, 1.82) is 0 Å². The second-order valence-electron chi connectivity index (χ2n) is 12.0. The molecule has 1 atom stereocenters. The van der Waals surface area contributed by atoms with Crippen molar-refractivity contribution in [2.24, 2.45) is 5.41 Å². The van der Waals surface area contributed by atoms with Crippen LogP contribution in [0.25, 0.3) is 5.70 Å². The Hall–Kier alpha value is -3.01. The van der Waals surface area contributed by atoms with E-state index in [4.69, 9.17) is 9.47 Å². The van der Waals surface area contributed by atoms with Gasteiger partial charge in [0, 0.05) is 41.4 Å². The predicted molar refractivity (Wildman–Crippen MR) is 141 cm³/mol. The topological polar surface area (TPSA) is 38.8 Å². The van der Waals surface area contributed by atoms with Crippen LogP contribution in [-0.2, 0) is 16.6 Å². The number of hydrogen-bond donors (Lipinski definition) is 0. The van der Waals surface area contributed by atoms with Crippen LogP contribution in [0.4, 0.5) is 0 Å². The third kappa shape index (κ3) is 4.07. The van der Waals surface area contributed by atoms with Crippen molar-refractivity contribution in [3.8, 4) is 11.5 Å². The summed E-state index contributed by atoms with van der Waals surface area (Å²) in [4.78, 5) is 16.0. The third-order valence-corrected chi connectivity index (χ3v) is 7.77. The van der Waals surface area contributed by atoms with Crippen LogP contribution in [0.1, 0.15) is 75.6 Å². The number of fused-ring (bicyclic) bond motifs is 4. The molecule has 0 aromatic heterocycles. The molecule has 2 aliphatic heterocycles. The molecule has 2 heterocycles. The van der Waals surface area contributed by atoms with Crippen molar-refractivity contribution >= 4 is 11.5 Å². The highest BCUT2D eigenvalue weighted by atomic mass is 16.5. The van der Waals surface area contributed by atoms with Crippen LogP contribution in [0, 0.1) is 5.41 Å². The zero-order valence-electron chi connectivity index (χ0n) is 22.1. The fourth-order valence-electron chi connectivity index (χ4n) is 5.91. The molecule has 0 amide bonds. The molecule has 0 spiro atoms. The fraction of sp³-hybridized carbons (Fsp3) is 0.452. The molecule has 4 heteroatoms. The van der Waals surface area contributed by atoms with Crippen LogP contribution in [0.3, 0.4) is 0 Å². The Bertz CT molecular complexity index is 1240. The van der Waals surface area contributed by atoms with Gasteiger partial charge in [-0.05, 0) is 58.6 Å². The summed E-state index contributed by atoms with van der Waals surface area (Å²) in [6, 6.07) is 13.1. The molecule has 3 aliphatic rings. The smallest absolute Gasteiger partial charge is 0.162 e. The number of allylic oxidation sites excluding steroid dienone is 3. The Morgan fingerprint density at radius 3 is 2.26 bits per heavy atom. The number of carbonyl (C=O) groups is 1. The van der Waals surface area contributed by atoms with Crippen LogP contribution in [-0.4, -0.2) is 31.4 Å². The van der Waals surface area contributed by atoms with Crippen molar-refractivity contribution in [1.82, 2.24) is 4.90 Å². The van der Waals surface area contributed by atoms with Gasteiger partial charge in [0.15, 0.2) is 17.3 Å². The number of carbonyl (C=O) groups excluding carboxylic acids is 1. The highest BCUT2D eigenvalue weighted by molar-refractivity contribution is 6.01. The maximum Gasteiger partial charge on any atom is 0.162 e. The molecule has 184 valence electrons. The average Bonchev–Trinajstić information content (AvgIpc) is 2.81. The summed E-state index contributed by atoms with van der Waals surface area (Å²) in [5.41, 5.74) is 8.33. The lowest BCUT2D eigenvalue weighted by atomic mass is 9.69. The van der Waals surface area contributed by atoms with Gasteiger partial charge in [-0.15, -0.1) is 0 Å². The van der Waals surface area contributed by atoms with Gasteiger partial charge in [-0.3, -0.25) is 4.79 Å². The van der Waals surface area contributed by atoms with Crippen molar-refractivity contribution in [3.63, 3.8) is 0 Å². The molecule has 0 radical (unpaired) electrons. The van der Waals surface area contributed by atoms with Gasteiger partial charge in [0.2, 0.25) is 0 Å². The monoisotopic (exact) mass is 471 g/mol. The van der Waals surface area contributed by atoms with Gasteiger partial charge >= 0.3 is 0 Å². The molecule has 2 aromatic carbocycles. The number of hydrogen-bond acceptors (Lipinski definition) is 4. The number of methoxy groups -OCH3 is 2. The number of ether oxygens (including phenoxy) is 2. The summed E-state index contributed by atoms with van der Waals surface area (Å²) >= 11 is 0. The van der Waals surface area contributed by atoms with E-state index >= 15 is 0 Å². The maximum absolute atomic E-state index is 13.6. The largest absolute Gasteiger partial charge is 0.493 e. The predicted octanol–water partition coefficient (Wildman–Crippen LogP) is 6.64.